The molecule has 0 saturated carbocycles. The molecule has 4 rings (SSSR count). The van der Waals surface area contributed by atoms with Crippen LogP contribution in [0.4, 0.5) is 0 Å². The van der Waals surface area contributed by atoms with E-state index in [4.69, 9.17) is 25.6 Å². The van der Waals surface area contributed by atoms with Crippen LogP contribution in [-0.4, -0.2) is 28.2 Å². The molecule has 0 unspecified atom stereocenters. The van der Waals surface area contributed by atoms with Crippen LogP contribution < -0.4 is 4.74 Å². The van der Waals surface area contributed by atoms with Gasteiger partial charge < -0.3 is 14.0 Å². The number of pyridine rings is 1. The lowest BCUT2D eigenvalue weighted by molar-refractivity contribution is 0.0460. The SMILES string of the molecule is COc1ccc(-c2nc(COC(=O)c3ccc4nc(Cl)ccc4c3)no2)cc1. The van der Waals surface area contributed by atoms with Crippen LogP contribution in [0.5, 0.6) is 5.75 Å². The van der Waals surface area contributed by atoms with Crippen molar-refractivity contribution in [2.45, 2.75) is 6.61 Å². The molecule has 2 heterocycles. The van der Waals surface area contributed by atoms with Crippen molar-refractivity contribution in [3.63, 3.8) is 0 Å². The van der Waals surface area contributed by atoms with E-state index in [9.17, 15) is 4.79 Å². The normalized spacial score (nSPS) is 10.8. The summed E-state index contributed by atoms with van der Waals surface area (Å²) in [5.41, 5.74) is 1.84. The number of hydrogen-bond donors (Lipinski definition) is 0. The second-order valence-electron chi connectivity index (χ2n) is 5.86. The molecule has 0 atom stereocenters. The fourth-order valence-electron chi connectivity index (χ4n) is 2.60. The van der Waals surface area contributed by atoms with Gasteiger partial charge in [0.25, 0.3) is 5.89 Å². The number of halogens is 1. The topological polar surface area (TPSA) is 87.3 Å². The van der Waals surface area contributed by atoms with Gasteiger partial charge in [-0.15, -0.1) is 0 Å². The molecule has 0 saturated heterocycles. The summed E-state index contributed by atoms with van der Waals surface area (Å²) in [7, 11) is 1.59. The second kappa shape index (κ2) is 7.66. The van der Waals surface area contributed by atoms with Crippen LogP contribution >= 0.6 is 11.6 Å². The van der Waals surface area contributed by atoms with E-state index in [1.54, 1.807) is 61.7 Å². The molecule has 0 bridgehead atoms. The zero-order chi connectivity index (χ0) is 19.5. The summed E-state index contributed by atoms with van der Waals surface area (Å²) in [5.74, 6) is 0.841. The highest BCUT2D eigenvalue weighted by atomic mass is 35.5. The predicted octanol–water partition coefficient (Wildman–Crippen LogP) is 4.30. The fraction of sp³-hybridized carbons (Fsp3) is 0.100. The second-order valence-corrected chi connectivity index (χ2v) is 6.25. The molecule has 0 aliphatic carbocycles. The Labute approximate surface area is 164 Å². The van der Waals surface area contributed by atoms with Crippen molar-refractivity contribution in [3.8, 4) is 17.2 Å². The van der Waals surface area contributed by atoms with Crippen molar-refractivity contribution in [2.75, 3.05) is 7.11 Å². The molecule has 7 nitrogen and oxygen atoms in total. The highest BCUT2D eigenvalue weighted by molar-refractivity contribution is 6.29. The Kier molecular flexibility index (Phi) is 4.90. The first-order chi connectivity index (χ1) is 13.6. The third-order valence-electron chi connectivity index (χ3n) is 4.03. The number of nitrogens with zero attached hydrogens (tertiary/aromatic N) is 3. The average Bonchev–Trinajstić information content (AvgIpc) is 3.20. The molecule has 0 aliphatic rings. The molecule has 0 spiro atoms. The Morgan fingerprint density at radius 2 is 1.89 bits per heavy atom. The van der Waals surface area contributed by atoms with E-state index in [1.165, 1.54) is 0 Å². The molecule has 0 fully saturated rings. The van der Waals surface area contributed by atoms with Gasteiger partial charge in [-0.05, 0) is 54.6 Å². The quantitative estimate of drug-likeness (QED) is 0.367. The summed E-state index contributed by atoms with van der Waals surface area (Å²) < 4.78 is 15.6. The molecule has 0 amide bonds. The molecule has 0 aliphatic heterocycles. The monoisotopic (exact) mass is 395 g/mol. The van der Waals surface area contributed by atoms with Gasteiger partial charge in [0.05, 0.1) is 18.2 Å². The van der Waals surface area contributed by atoms with Crippen LogP contribution in [-0.2, 0) is 11.3 Å². The summed E-state index contributed by atoms with van der Waals surface area (Å²) in [6, 6.07) is 15.7. The van der Waals surface area contributed by atoms with Gasteiger partial charge in [-0.3, -0.25) is 0 Å². The molecule has 140 valence electrons. The number of benzene rings is 2. The molecular weight excluding hydrogens is 382 g/mol. The van der Waals surface area contributed by atoms with Gasteiger partial charge in [0.1, 0.15) is 10.9 Å². The molecule has 0 radical (unpaired) electrons. The van der Waals surface area contributed by atoms with Crippen LogP contribution in [0, 0.1) is 0 Å². The number of fused-ring (bicyclic) bond motifs is 1. The van der Waals surface area contributed by atoms with E-state index in [0.29, 0.717) is 22.1 Å². The van der Waals surface area contributed by atoms with Crippen molar-refractivity contribution < 1.29 is 18.8 Å². The number of esters is 1. The Morgan fingerprint density at radius 3 is 2.68 bits per heavy atom. The van der Waals surface area contributed by atoms with E-state index in [0.717, 1.165) is 16.7 Å². The maximum absolute atomic E-state index is 12.3. The standard InChI is InChI=1S/C20H14ClN3O4/c1-26-15-6-2-12(3-7-15)19-23-18(24-28-19)11-27-20(25)14-4-8-16-13(10-14)5-9-17(21)22-16/h2-10H,11H2,1H3. The molecule has 4 aromatic rings. The summed E-state index contributed by atoms with van der Waals surface area (Å²) >= 11 is 5.87. The van der Waals surface area contributed by atoms with Gasteiger partial charge in [0.15, 0.2) is 6.61 Å². The summed E-state index contributed by atoms with van der Waals surface area (Å²) in [4.78, 5) is 20.7. The number of methoxy groups -OCH3 is 1. The number of ether oxygens (including phenoxy) is 2. The Balaban J connectivity index is 1.43. The molecule has 8 heteroatoms. The van der Waals surface area contributed by atoms with Gasteiger partial charge in [0, 0.05) is 10.9 Å². The number of carbonyl (C=O) groups excluding carboxylic acids is 1. The van der Waals surface area contributed by atoms with E-state index >= 15 is 0 Å². The molecule has 2 aromatic heterocycles. The average molecular weight is 396 g/mol. The first kappa shape index (κ1) is 17.9. The third-order valence-corrected chi connectivity index (χ3v) is 4.24. The van der Waals surface area contributed by atoms with Gasteiger partial charge in [-0.1, -0.05) is 16.8 Å². The lowest BCUT2D eigenvalue weighted by Crippen LogP contribution is -2.06. The Hall–Kier alpha value is -3.45. The molecule has 2 aromatic carbocycles. The summed E-state index contributed by atoms with van der Waals surface area (Å²) in [6.45, 7) is -0.102. The molecule has 0 N–H and O–H groups in total. The van der Waals surface area contributed by atoms with E-state index in [1.807, 2.05) is 0 Å². The van der Waals surface area contributed by atoms with Crippen LogP contribution in [0.15, 0.2) is 59.1 Å². The van der Waals surface area contributed by atoms with Crippen LogP contribution in [0.2, 0.25) is 5.15 Å². The van der Waals surface area contributed by atoms with E-state index < -0.39 is 5.97 Å². The van der Waals surface area contributed by atoms with Gasteiger partial charge in [0.2, 0.25) is 5.82 Å². The number of rotatable bonds is 5. The lowest BCUT2D eigenvalue weighted by atomic mass is 10.1. The molecular formula is C20H14ClN3O4. The van der Waals surface area contributed by atoms with Crippen molar-refractivity contribution in [1.82, 2.24) is 15.1 Å². The first-order valence-electron chi connectivity index (χ1n) is 8.33. The van der Waals surface area contributed by atoms with Crippen LogP contribution in [0.1, 0.15) is 16.2 Å². The van der Waals surface area contributed by atoms with Crippen molar-refractivity contribution in [2.24, 2.45) is 0 Å². The highest BCUT2D eigenvalue weighted by Gasteiger charge is 2.13. The lowest BCUT2D eigenvalue weighted by Gasteiger charge is -2.04. The zero-order valence-electron chi connectivity index (χ0n) is 14.8. The van der Waals surface area contributed by atoms with Crippen molar-refractivity contribution in [3.05, 3.63) is 71.1 Å². The van der Waals surface area contributed by atoms with E-state index in [-0.39, 0.29) is 12.4 Å². The largest absolute Gasteiger partial charge is 0.497 e. The minimum atomic E-state index is -0.493. The first-order valence-corrected chi connectivity index (χ1v) is 8.70. The maximum atomic E-state index is 12.3. The maximum Gasteiger partial charge on any atom is 0.338 e. The van der Waals surface area contributed by atoms with Gasteiger partial charge in [-0.25, -0.2) is 9.78 Å². The van der Waals surface area contributed by atoms with Crippen LogP contribution in [0.3, 0.4) is 0 Å². The van der Waals surface area contributed by atoms with Crippen molar-refractivity contribution >= 4 is 28.5 Å². The van der Waals surface area contributed by atoms with Crippen molar-refractivity contribution in [1.29, 1.82) is 0 Å². The smallest absolute Gasteiger partial charge is 0.338 e. The summed E-state index contributed by atoms with van der Waals surface area (Å²) in [5, 5.41) is 5.03. The Bertz CT molecular complexity index is 1140. The van der Waals surface area contributed by atoms with Gasteiger partial charge in [-0.2, -0.15) is 4.98 Å². The van der Waals surface area contributed by atoms with E-state index in [2.05, 4.69) is 15.1 Å². The minimum Gasteiger partial charge on any atom is -0.497 e. The number of hydrogen-bond acceptors (Lipinski definition) is 7. The molecule has 28 heavy (non-hydrogen) atoms. The summed E-state index contributed by atoms with van der Waals surface area (Å²) in [6.07, 6.45) is 0. The highest BCUT2D eigenvalue weighted by Crippen LogP contribution is 2.21. The van der Waals surface area contributed by atoms with Gasteiger partial charge >= 0.3 is 5.97 Å². The zero-order valence-corrected chi connectivity index (χ0v) is 15.5. The minimum absolute atomic E-state index is 0.102. The number of carbonyl (C=O) groups is 1. The van der Waals surface area contributed by atoms with Crippen LogP contribution in [0.25, 0.3) is 22.4 Å². The fourth-order valence-corrected chi connectivity index (χ4v) is 2.76. The predicted molar refractivity (Wildman–Crippen MR) is 102 cm³/mol. The number of aromatic nitrogens is 3. The Morgan fingerprint density at radius 1 is 1.07 bits per heavy atom. The third kappa shape index (κ3) is 3.79.